The maximum Gasteiger partial charge on any atom is 0.239 e. The van der Waals surface area contributed by atoms with Crippen LogP contribution in [0.5, 0.6) is 0 Å². The average molecular weight is 310 g/mol. The van der Waals surface area contributed by atoms with Crippen LogP contribution in [0.15, 0.2) is 12.1 Å². The van der Waals surface area contributed by atoms with Gasteiger partial charge in [0.05, 0.1) is 11.6 Å². The second kappa shape index (κ2) is 6.90. The van der Waals surface area contributed by atoms with Gasteiger partial charge in [0.25, 0.3) is 0 Å². The number of rotatable bonds is 5. The number of likely N-dealkylation sites (N-methyl/N-ethyl adjacent to an activating group) is 2. The summed E-state index contributed by atoms with van der Waals surface area (Å²) in [6.45, 7) is 5.55. The molecule has 0 radical (unpaired) electrons. The van der Waals surface area contributed by atoms with Gasteiger partial charge in [-0.15, -0.1) is 11.3 Å². The molecule has 4 nitrogen and oxygen atoms in total. The van der Waals surface area contributed by atoms with E-state index in [9.17, 15) is 4.79 Å². The second-order valence-corrected chi connectivity index (χ2v) is 7.35. The Morgan fingerprint density at radius 2 is 2.24 bits per heavy atom. The molecule has 0 aliphatic carbocycles. The van der Waals surface area contributed by atoms with Gasteiger partial charge >= 0.3 is 0 Å². The standard InChI is InChI=1S/C16H26N2O2S/c1-16(2,15(19)17-3)18(4)11-12-8-9-14(21-12)13-7-5-6-10-20-13/h8-9,13H,5-7,10-11H2,1-4H3,(H,17,19). The first-order valence-corrected chi connectivity index (χ1v) is 8.40. The molecular formula is C16H26N2O2S. The molecule has 118 valence electrons. The Balaban J connectivity index is 2.00. The minimum Gasteiger partial charge on any atom is -0.373 e. The zero-order valence-electron chi connectivity index (χ0n) is 13.4. The molecule has 1 aromatic rings. The number of amides is 1. The molecule has 1 aromatic heterocycles. The van der Waals surface area contributed by atoms with E-state index in [1.807, 2.05) is 20.9 Å². The van der Waals surface area contributed by atoms with Crippen molar-refractivity contribution in [3.05, 3.63) is 21.9 Å². The molecule has 1 unspecified atom stereocenters. The molecule has 1 aliphatic rings. The lowest BCUT2D eigenvalue weighted by Gasteiger charge is -2.33. The number of carbonyl (C=O) groups is 1. The Kier molecular flexibility index (Phi) is 5.41. The van der Waals surface area contributed by atoms with Crippen LogP contribution < -0.4 is 5.32 Å². The van der Waals surface area contributed by atoms with Crippen LogP contribution in [0.4, 0.5) is 0 Å². The molecule has 1 aliphatic heterocycles. The van der Waals surface area contributed by atoms with E-state index in [0.717, 1.165) is 19.6 Å². The lowest BCUT2D eigenvalue weighted by atomic mass is 10.0. The summed E-state index contributed by atoms with van der Waals surface area (Å²) in [7, 11) is 3.67. The van der Waals surface area contributed by atoms with Gasteiger partial charge < -0.3 is 10.1 Å². The molecule has 1 amide bonds. The van der Waals surface area contributed by atoms with Gasteiger partial charge in [-0.1, -0.05) is 0 Å². The molecule has 0 aromatic carbocycles. The largest absolute Gasteiger partial charge is 0.373 e. The fourth-order valence-electron chi connectivity index (χ4n) is 2.53. The molecule has 1 N–H and O–H groups in total. The van der Waals surface area contributed by atoms with Crippen molar-refractivity contribution >= 4 is 17.2 Å². The molecule has 1 saturated heterocycles. The quantitative estimate of drug-likeness (QED) is 0.909. The molecule has 0 bridgehead atoms. The summed E-state index contributed by atoms with van der Waals surface area (Å²) in [4.78, 5) is 16.6. The van der Waals surface area contributed by atoms with Crippen molar-refractivity contribution in [3.63, 3.8) is 0 Å². The number of ether oxygens (including phenoxy) is 1. The van der Waals surface area contributed by atoms with Crippen molar-refractivity contribution < 1.29 is 9.53 Å². The van der Waals surface area contributed by atoms with Gasteiger partial charge in [0.2, 0.25) is 5.91 Å². The third-order valence-corrected chi connectivity index (χ3v) is 5.47. The SMILES string of the molecule is CNC(=O)C(C)(C)N(C)Cc1ccc(C2CCCCO2)s1. The van der Waals surface area contributed by atoms with Crippen molar-refractivity contribution in [2.24, 2.45) is 0 Å². The number of carbonyl (C=O) groups excluding carboxylic acids is 1. The lowest BCUT2D eigenvalue weighted by Crippen LogP contribution is -2.52. The van der Waals surface area contributed by atoms with E-state index in [4.69, 9.17) is 4.74 Å². The van der Waals surface area contributed by atoms with Gasteiger partial charge in [-0.25, -0.2) is 0 Å². The first-order valence-electron chi connectivity index (χ1n) is 7.58. The molecule has 1 atom stereocenters. The Morgan fingerprint density at radius 1 is 1.48 bits per heavy atom. The number of thiophene rings is 1. The minimum atomic E-state index is -0.514. The summed E-state index contributed by atoms with van der Waals surface area (Å²) >= 11 is 1.80. The highest BCUT2D eigenvalue weighted by atomic mass is 32.1. The Labute approximate surface area is 131 Å². The van der Waals surface area contributed by atoms with E-state index in [1.165, 1.54) is 22.6 Å². The van der Waals surface area contributed by atoms with Crippen molar-refractivity contribution in [1.29, 1.82) is 0 Å². The summed E-state index contributed by atoms with van der Waals surface area (Å²) in [5.41, 5.74) is -0.514. The van der Waals surface area contributed by atoms with Crippen molar-refractivity contribution in [2.75, 3.05) is 20.7 Å². The third-order valence-electron chi connectivity index (χ3n) is 4.31. The van der Waals surface area contributed by atoms with Crippen LogP contribution in [-0.4, -0.2) is 37.0 Å². The van der Waals surface area contributed by atoms with Crippen molar-refractivity contribution in [2.45, 2.75) is 51.3 Å². The Morgan fingerprint density at radius 3 is 2.86 bits per heavy atom. The third kappa shape index (κ3) is 3.84. The fraction of sp³-hybridized carbons (Fsp3) is 0.688. The van der Waals surface area contributed by atoms with Crippen LogP contribution in [0.3, 0.4) is 0 Å². The molecular weight excluding hydrogens is 284 g/mol. The first-order chi connectivity index (χ1) is 9.95. The Hall–Kier alpha value is -0.910. The smallest absolute Gasteiger partial charge is 0.239 e. The fourth-order valence-corrected chi connectivity index (χ4v) is 3.68. The average Bonchev–Trinajstić information content (AvgIpc) is 2.95. The minimum absolute atomic E-state index is 0.0393. The summed E-state index contributed by atoms with van der Waals surface area (Å²) in [6.07, 6.45) is 3.83. The topological polar surface area (TPSA) is 41.6 Å². The molecule has 2 heterocycles. The molecule has 21 heavy (non-hydrogen) atoms. The van der Waals surface area contributed by atoms with E-state index in [2.05, 4.69) is 22.3 Å². The first kappa shape index (κ1) is 16.5. The highest BCUT2D eigenvalue weighted by molar-refractivity contribution is 7.12. The van der Waals surface area contributed by atoms with E-state index in [1.54, 1.807) is 18.4 Å². The number of nitrogens with zero attached hydrogens (tertiary/aromatic N) is 1. The lowest BCUT2D eigenvalue weighted by molar-refractivity contribution is -0.130. The zero-order chi connectivity index (χ0) is 15.5. The number of nitrogens with one attached hydrogen (secondary N) is 1. The van der Waals surface area contributed by atoms with Gasteiger partial charge in [-0.05, 0) is 52.3 Å². The van der Waals surface area contributed by atoms with E-state index in [0.29, 0.717) is 0 Å². The normalized spacial score (nSPS) is 19.8. The highest BCUT2D eigenvalue weighted by Crippen LogP contribution is 2.33. The Bertz CT molecular complexity index is 478. The van der Waals surface area contributed by atoms with Gasteiger partial charge in [0.15, 0.2) is 0 Å². The van der Waals surface area contributed by atoms with Crippen LogP contribution in [0.25, 0.3) is 0 Å². The van der Waals surface area contributed by atoms with Crippen LogP contribution in [0.2, 0.25) is 0 Å². The summed E-state index contributed by atoms with van der Waals surface area (Å²) in [5, 5.41) is 2.73. The molecule has 1 fully saturated rings. The van der Waals surface area contributed by atoms with Crippen LogP contribution in [-0.2, 0) is 16.1 Å². The second-order valence-electron chi connectivity index (χ2n) is 6.15. The molecule has 0 saturated carbocycles. The highest BCUT2D eigenvalue weighted by Gasteiger charge is 2.31. The van der Waals surface area contributed by atoms with E-state index < -0.39 is 5.54 Å². The van der Waals surface area contributed by atoms with Crippen molar-refractivity contribution in [3.8, 4) is 0 Å². The zero-order valence-corrected chi connectivity index (χ0v) is 14.3. The van der Waals surface area contributed by atoms with Crippen LogP contribution in [0, 0.1) is 0 Å². The van der Waals surface area contributed by atoms with E-state index >= 15 is 0 Å². The van der Waals surface area contributed by atoms with Gasteiger partial charge in [0, 0.05) is 30.0 Å². The monoisotopic (exact) mass is 310 g/mol. The summed E-state index contributed by atoms with van der Waals surface area (Å²) in [6, 6.07) is 4.34. The molecule has 5 heteroatoms. The maximum atomic E-state index is 11.9. The van der Waals surface area contributed by atoms with Crippen LogP contribution >= 0.6 is 11.3 Å². The van der Waals surface area contributed by atoms with Crippen LogP contribution in [0.1, 0.15) is 49.0 Å². The predicted octanol–water partition coefficient (Wildman–Crippen LogP) is 2.95. The number of hydrogen-bond donors (Lipinski definition) is 1. The van der Waals surface area contributed by atoms with Crippen molar-refractivity contribution in [1.82, 2.24) is 10.2 Å². The van der Waals surface area contributed by atoms with Gasteiger partial charge in [-0.2, -0.15) is 0 Å². The molecule has 2 rings (SSSR count). The number of hydrogen-bond acceptors (Lipinski definition) is 4. The maximum absolute atomic E-state index is 11.9. The predicted molar refractivity (Wildman–Crippen MR) is 86.5 cm³/mol. The molecule has 0 spiro atoms. The summed E-state index contributed by atoms with van der Waals surface area (Å²) in [5.74, 6) is 0.0393. The van der Waals surface area contributed by atoms with E-state index in [-0.39, 0.29) is 12.0 Å². The van der Waals surface area contributed by atoms with Gasteiger partial charge in [-0.3, -0.25) is 9.69 Å². The van der Waals surface area contributed by atoms with Gasteiger partial charge in [0.1, 0.15) is 0 Å². The summed E-state index contributed by atoms with van der Waals surface area (Å²) < 4.78 is 5.84.